The monoisotopic (exact) mass is 283 g/mol. The zero-order valence-corrected chi connectivity index (χ0v) is 10.4. The molecule has 3 heteroatoms. The van der Waals surface area contributed by atoms with Gasteiger partial charge in [0.25, 0.3) is 0 Å². The van der Waals surface area contributed by atoms with E-state index in [1.54, 1.807) is 0 Å². The van der Waals surface area contributed by atoms with Crippen LogP contribution in [0.15, 0.2) is 0 Å². The number of rotatable bonds is 5. The van der Waals surface area contributed by atoms with Crippen molar-refractivity contribution in [3.05, 3.63) is 0 Å². The normalized spacial score (nSPS) is 16.2. The Morgan fingerprint density at radius 3 is 2.25 bits per heavy atom. The number of nitrogens with one attached hydrogen (secondary N) is 1. The van der Waals surface area contributed by atoms with Crippen LogP contribution in [0.2, 0.25) is 0 Å². The average molecular weight is 283 g/mol. The maximum Gasteiger partial charge on any atom is 0.162 e. The van der Waals surface area contributed by atoms with Crippen molar-refractivity contribution in [1.82, 2.24) is 5.32 Å². The van der Waals surface area contributed by atoms with E-state index in [0.29, 0.717) is 6.04 Å². The third-order valence-electron chi connectivity index (χ3n) is 1.86. The van der Waals surface area contributed by atoms with Crippen LogP contribution in [0, 0.1) is 5.92 Å². The molecule has 2 atom stereocenters. The summed E-state index contributed by atoms with van der Waals surface area (Å²) < 4.78 is -0.0300. The van der Waals surface area contributed by atoms with Gasteiger partial charge in [-0.05, 0) is 13.3 Å². The summed E-state index contributed by atoms with van der Waals surface area (Å²) >= 11 is 2.16. The molecule has 0 aromatic rings. The van der Waals surface area contributed by atoms with E-state index in [4.69, 9.17) is 0 Å². The number of ketones is 1. The van der Waals surface area contributed by atoms with Gasteiger partial charge >= 0.3 is 0 Å². The number of halogens is 1. The Morgan fingerprint density at radius 2 is 1.92 bits per heavy atom. The van der Waals surface area contributed by atoms with Crippen molar-refractivity contribution in [1.29, 1.82) is 0 Å². The molecule has 2 nitrogen and oxygen atoms in total. The Kier molecular flexibility index (Phi) is 6.09. The van der Waals surface area contributed by atoms with Gasteiger partial charge in [-0.2, -0.15) is 0 Å². The molecule has 0 amide bonds. The summed E-state index contributed by atoms with van der Waals surface area (Å²) in [7, 11) is 0. The van der Waals surface area contributed by atoms with Crippen molar-refractivity contribution in [3.63, 3.8) is 0 Å². The molecule has 72 valence electrons. The van der Waals surface area contributed by atoms with Gasteiger partial charge in [0.2, 0.25) is 0 Å². The molecule has 0 fully saturated rings. The highest BCUT2D eigenvalue weighted by atomic mass is 127. The predicted octanol–water partition coefficient (Wildman–Crippen LogP) is 2.36. The van der Waals surface area contributed by atoms with E-state index in [1.165, 1.54) is 0 Å². The fourth-order valence-electron chi connectivity index (χ4n) is 0.742. The number of carbonyl (C=O) groups excluding carboxylic acids is 1. The summed E-state index contributed by atoms with van der Waals surface area (Å²) in [6.45, 7) is 8.08. The Labute approximate surface area is 88.6 Å². The largest absolute Gasteiger partial charge is 0.297 e. The molecular formula is C9H18INO. The Bertz CT molecular complexity index is 147. The van der Waals surface area contributed by atoms with E-state index >= 15 is 0 Å². The molecule has 1 N–H and O–H groups in total. The van der Waals surface area contributed by atoms with Gasteiger partial charge in [0.1, 0.15) is 4.05 Å². The van der Waals surface area contributed by atoms with E-state index in [-0.39, 0.29) is 15.7 Å². The zero-order chi connectivity index (χ0) is 9.72. The van der Waals surface area contributed by atoms with Crippen molar-refractivity contribution >= 4 is 28.4 Å². The maximum absolute atomic E-state index is 11.4. The molecule has 12 heavy (non-hydrogen) atoms. The molecule has 0 saturated heterocycles. The van der Waals surface area contributed by atoms with Gasteiger partial charge in [0.15, 0.2) is 5.78 Å². The number of hydrogen-bond acceptors (Lipinski definition) is 2. The summed E-state index contributed by atoms with van der Waals surface area (Å²) in [5.41, 5.74) is 0. The lowest BCUT2D eigenvalue weighted by Gasteiger charge is -2.17. The highest BCUT2D eigenvalue weighted by molar-refractivity contribution is 14.1. The Balaban J connectivity index is 3.86. The number of hydrogen-bond donors (Lipinski definition) is 1. The molecule has 0 heterocycles. The standard InChI is InChI=1S/C9H18INO/c1-5-7(4)11-9(10)8(12)6(2)3/h6-7,9,11H,5H2,1-4H3. The molecule has 0 aliphatic rings. The molecule has 0 rings (SSSR count). The zero-order valence-electron chi connectivity index (χ0n) is 8.23. The van der Waals surface area contributed by atoms with Crippen molar-refractivity contribution in [2.45, 2.75) is 44.2 Å². The van der Waals surface area contributed by atoms with E-state index < -0.39 is 0 Å². The lowest BCUT2D eigenvalue weighted by Crippen LogP contribution is -2.39. The third kappa shape index (κ3) is 4.40. The molecule has 0 spiro atoms. The third-order valence-corrected chi connectivity index (χ3v) is 2.84. The molecule has 0 aliphatic heterocycles. The van der Waals surface area contributed by atoms with E-state index in [9.17, 15) is 4.79 Å². The first kappa shape index (κ1) is 12.4. The van der Waals surface area contributed by atoms with Gasteiger partial charge in [0.05, 0.1) is 0 Å². The second-order valence-electron chi connectivity index (χ2n) is 3.40. The summed E-state index contributed by atoms with van der Waals surface area (Å²) in [5.74, 6) is 0.416. The minimum atomic E-state index is -0.0300. The molecule has 0 aromatic carbocycles. The predicted molar refractivity (Wildman–Crippen MR) is 60.5 cm³/mol. The Hall–Kier alpha value is 0.360. The molecule has 0 saturated carbocycles. The van der Waals surface area contributed by atoms with Crippen LogP contribution in [0.5, 0.6) is 0 Å². The second kappa shape index (κ2) is 5.91. The van der Waals surface area contributed by atoms with Gasteiger partial charge < -0.3 is 0 Å². The van der Waals surface area contributed by atoms with Gasteiger partial charge in [0, 0.05) is 12.0 Å². The minimum absolute atomic E-state index is 0.0300. The Morgan fingerprint density at radius 1 is 1.42 bits per heavy atom. The van der Waals surface area contributed by atoms with Crippen LogP contribution in [0.25, 0.3) is 0 Å². The van der Waals surface area contributed by atoms with E-state index in [1.807, 2.05) is 13.8 Å². The quantitative estimate of drug-likeness (QED) is 0.477. The number of alkyl halides is 1. The maximum atomic E-state index is 11.4. The number of carbonyl (C=O) groups is 1. The van der Waals surface area contributed by atoms with Crippen LogP contribution < -0.4 is 5.32 Å². The summed E-state index contributed by atoms with van der Waals surface area (Å²) in [5, 5.41) is 3.25. The average Bonchev–Trinajstić information content (AvgIpc) is 2.02. The van der Waals surface area contributed by atoms with Gasteiger partial charge in [-0.1, -0.05) is 43.4 Å². The first-order valence-corrected chi connectivity index (χ1v) is 5.67. The van der Waals surface area contributed by atoms with Crippen LogP contribution in [0.3, 0.4) is 0 Å². The molecule has 0 radical (unpaired) electrons. The lowest BCUT2D eigenvalue weighted by atomic mass is 10.1. The van der Waals surface area contributed by atoms with Crippen LogP contribution in [0.1, 0.15) is 34.1 Å². The van der Waals surface area contributed by atoms with Gasteiger partial charge in [-0.25, -0.2) is 0 Å². The second-order valence-corrected chi connectivity index (χ2v) is 4.64. The van der Waals surface area contributed by atoms with Crippen LogP contribution >= 0.6 is 22.6 Å². The van der Waals surface area contributed by atoms with Crippen LogP contribution in [-0.2, 0) is 4.79 Å². The smallest absolute Gasteiger partial charge is 0.162 e. The fraction of sp³-hybridized carbons (Fsp3) is 0.889. The molecule has 0 bridgehead atoms. The summed E-state index contributed by atoms with van der Waals surface area (Å²) in [6, 6.07) is 0.426. The SMILES string of the molecule is CCC(C)NC(I)C(=O)C(C)C. The first-order chi connectivity index (χ1) is 5.49. The van der Waals surface area contributed by atoms with Crippen molar-refractivity contribution in [2.75, 3.05) is 0 Å². The van der Waals surface area contributed by atoms with Crippen molar-refractivity contribution < 1.29 is 4.79 Å². The summed E-state index contributed by atoms with van der Waals surface area (Å²) in [6.07, 6.45) is 1.06. The summed E-state index contributed by atoms with van der Waals surface area (Å²) in [4.78, 5) is 11.4. The highest BCUT2D eigenvalue weighted by Crippen LogP contribution is 2.07. The van der Waals surface area contributed by atoms with Crippen molar-refractivity contribution in [2.24, 2.45) is 5.92 Å². The van der Waals surface area contributed by atoms with Crippen molar-refractivity contribution in [3.8, 4) is 0 Å². The number of Topliss-reactive ketones (excluding diaryl/α,β-unsaturated/α-hetero) is 1. The molecule has 0 aromatic heterocycles. The first-order valence-electron chi connectivity index (χ1n) is 4.42. The molecule has 2 unspecified atom stereocenters. The fourth-order valence-corrected chi connectivity index (χ4v) is 2.08. The molecule has 0 aliphatic carbocycles. The minimum Gasteiger partial charge on any atom is -0.297 e. The lowest BCUT2D eigenvalue weighted by molar-refractivity contribution is -0.121. The van der Waals surface area contributed by atoms with E-state index in [2.05, 4.69) is 41.8 Å². The van der Waals surface area contributed by atoms with Crippen LogP contribution in [-0.4, -0.2) is 15.9 Å². The molecular weight excluding hydrogens is 265 g/mol. The highest BCUT2D eigenvalue weighted by Gasteiger charge is 2.18. The van der Waals surface area contributed by atoms with Crippen LogP contribution in [0.4, 0.5) is 0 Å². The van der Waals surface area contributed by atoms with E-state index in [0.717, 1.165) is 6.42 Å². The van der Waals surface area contributed by atoms with Gasteiger partial charge in [-0.15, -0.1) is 0 Å². The topological polar surface area (TPSA) is 29.1 Å². The van der Waals surface area contributed by atoms with Gasteiger partial charge in [-0.3, -0.25) is 10.1 Å².